The topological polar surface area (TPSA) is 78.5 Å². The van der Waals surface area contributed by atoms with Crippen molar-refractivity contribution in [2.45, 2.75) is 44.8 Å². The van der Waals surface area contributed by atoms with Gasteiger partial charge in [-0.15, -0.1) is 0 Å². The molecular weight excluding hydrogens is 378 g/mol. The molecule has 2 fully saturated rings. The molecule has 0 unspecified atom stereocenters. The summed E-state index contributed by atoms with van der Waals surface area (Å²) in [5.74, 6) is -0.0414. The van der Waals surface area contributed by atoms with Gasteiger partial charge in [0.05, 0.1) is 0 Å². The fourth-order valence-corrected chi connectivity index (χ4v) is 4.31. The van der Waals surface area contributed by atoms with Crippen LogP contribution < -0.4 is 10.6 Å². The number of amides is 3. The molecule has 2 aromatic carbocycles. The Hall–Kier alpha value is -3.15. The Morgan fingerprint density at radius 1 is 1.07 bits per heavy atom. The van der Waals surface area contributed by atoms with Gasteiger partial charge < -0.3 is 15.5 Å². The van der Waals surface area contributed by atoms with Gasteiger partial charge in [0.2, 0.25) is 11.8 Å². The van der Waals surface area contributed by atoms with Crippen LogP contribution in [0.25, 0.3) is 11.1 Å². The van der Waals surface area contributed by atoms with Gasteiger partial charge in [0.25, 0.3) is 5.91 Å². The van der Waals surface area contributed by atoms with Crippen LogP contribution in [0.3, 0.4) is 0 Å². The fourth-order valence-electron chi connectivity index (χ4n) is 4.31. The van der Waals surface area contributed by atoms with Crippen LogP contribution in [-0.4, -0.2) is 47.3 Å². The van der Waals surface area contributed by atoms with Gasteiger partial charge in [0.1, 0.15) is 12.1 Å². The molecule has 2 N–H and O–H groups in total. The number of nitrogens with one attached hydrogen (secondary N) is 2. The van der Waals surface area contributed by atoms with E-state index in [-0.39, 0.29) is 23.8 Å². The van der Waals surface area contributed by atoms with Crippen molar-refractivity contribution in [3.8, 4) is 11.1 Å². The first kappa shape index (κ1) is 20.1. The van der Waals surface area contributed by atoms with Crippen LogP contribution in [-0.2, 0) is 9.59 Å². The molecule has 2 aromatic rings. The van der Waals surface area contributed by atoms with E-state index in [1.165, 1.54) is 0 Å². The lowest BCUT2D eigenvalue weighted by molar-refractivity contribution is -0.147. The molecule has 0 aromatic heterocycles. The number of nitrogens with zero attached hydrogens (tertiary/aromatic N) is 1. The van der Waals surface area contributed by atoms with E-state index < -0.39 is 12.1 Å². The Morgan fingerprint density at radius 2 is 1.73 bits per heavy atom. The summed E-state index contributed by atoms with van der Waals surface area (Å²) in [6.07, 6.45) is 1.07. The summed E-state index contributed by atoms with van der Waals surface area (Å²) in [5, 5.41) is 5.85. The van der Waals surface area contributed by atoms with E-state index >= 15 is 0 Å². The number of carbonyl (C=O) groups excluding carboxylic acids is 3. The summed E-state index contributed by atoms with van der Waals surface area (Å²) < 4.78 is 0. The summed E-state index contributed by atoms with van der Waals surface area (Å²) in [6.45, 7) is 4.43. The van der Waals surface area contributed by atoms with Crippen LogP contribution in [0, 0.1) is 5.92 Å². The minimum absolute atomic E-state index is 0.0442. The summed E-state index contributed by atoms with van der Waals surface area (Å²) in [5.41, 5.74) is 2.70. The van der Waals surface area contributed by atoms with Crippen LogP contribution in [0.5, 0.6) is 0 Å². The van der Waals surface area contributed by atoms with Gasteiger partial charge in [0, 0.05) is 18.2 Å². The van der Waals surface area contributed by atoms with E-state index in [9.17, 15) is 14.4 Å². The van der Waals surface area contributed by atoms with Crippen molar-refractivity contribution in [1.29, 1.82) is 0 Å². The monoisotopic (exact) mass is 405 g/mol. The molecule has 0 saturated carbocycles. The van der Waals surface area contributed by atoms with E-state index in [2.05, 4.69) is 10.6 Å². The highest BCUT2D eigenvalue weighted by Crippen LogP contribution is 2.25. The number of hydrogen-bond acceptors (Lipinski definition) is 3. The van der Waals surface area contributed by atoms with Crippen molar-refractivity contribution in [2.75, 3.05) is 6.54 Å². The number of piperazine rings is 1. The van der Waals surface area contributed by atoms with Crippen LogP contribution in [0.1, 0.15) is 37.0 Å². The predicted molar refractivity (Wildman–Crippen MR) is 115 cm³/mol. The number of rotatable bonds is 5. The molecule has 3 atom stereocenters. The maximum atomic E-state index is 12.8. The quantitative estimate of drug-likeness (QED) is 0.803. The molecule has 2 aliphatic rings. The van der Waals surface area contributed by atoms with E-state index in [0.29, 0.717) is 30.9 Å². The SMILES string of the molecule is CC(C)C[C@@H]1NC(=O)[C@@H]2C[C@H](NC(=O)c3ccc(-c4ccccc4)cc3)CN2C1=O. The van der Waals surface area contributed by atoms with Gasteiger partial charge >= 0.3 is 0 Å². The van der Waals surface area contributed by atoms with Crippen molar-refractivity contribution in [2.24, 2.45) is 5.92 Å². The zero-order valence-electron chi connectivity index (χ0n) is 17.3. The highest BCUT2D eigenvalue weighted by Gasteiger charge is 2.46. The lowest BCUT2D eigenvalue weighted by atomic mass is 9.99. The van der Waals surface area contributed by atoms with Gasteiger partial charge in [-0.2, -0.15) is 0 Å². The minimum atomic E-state index is -0.494. The number of fused-ring (bicyclic) bond motifs is 1. The van der Waals surface area contributed by atoms with Crippen molar-refractivity contribution < 1.29 is 14.4 Å². The summed E-state index contributed by atoms with van der Waals surface area (Å²) >= 11 is 0. The maximum Gasteiger partial charge on any atom is 0.251 e. The standard InChI is InChI=1S/C24H27N3O3/c1-15(2)12-20-24(30)27-14-19(13-21(27)23(29)26-20)25-22(28)18-10-8-17(9-11-18)16-6-4-3-5-7-16/h3-11,15,19-21H,12-14H2,1-2H3,(H,25,28)(H,26,29)/t19-,20-,21-/m0/s1. The Labute approximate surface area is 176 Å². The molecule has 6 nitrogen and oxygen atoms in total. The van der Waals surface area contributed by atoms with E-state index in [1.807, 2.05) is 56.3 Å². The number of hydrogen-bond donors (Lipinski definition) is 2. The van der Waals surface area contributed by atoms with E-state index in [4.69, 9.17) is 0 Å². The second-order valence-corrected chi connectivity index (χ2v) is 8.55. The van der Waals surface area contributed by atoms with Gasteiger partial charge in [-0.1, -0.05) is 56.3 Å². The van der Waals surface area contributed by atoms with Crippen LogP contribution >= 0.6 is 0 Å². The highest BCUT2D eigenvalue weighted by molar-refractivity contribution is 5.98. The van der Waals surface area contributed by atoms with Crippen molar-refractivity contribution >= 4 is 17.7 Å². The van der Waals surface area contributed by atoms with Gasteiger partial charge in [-0.3, -0.25) is 14.4 Å². The van der Waals surface area contributed by atoms with Gasteiger partial charge in [0.15, 0.2) is 0 Å². The molecular formula is C24H27N3O3. The first-order valence-corrected chi connectivity index (χ1v) is 10.5. The fraction of sp³-hybridized carbons (Fsp3) is 0.375. The second kappa shape index (κ2) is 8.30. The normalized spacial score (nSPS) is 23.3. The average molecular weight is 405 g/mol. The molecule has 30 heavy (non-hydrogen) atoms. The first-order chi connectivity index (χ1) is 14.4. The third kappa shape index (κ3) is 4.08. The Balaban J connectivity index is 1.40. The molecule has 4 rings (SSSR count). The minimum Gasteiger partial charge on any atom is -0.347 e. The number of carbonyl (C=O) groups is 3. The Bertz CT molecular complexity index is 940. The number of benzene rings is 2. The summed E-state index contributed by atoms with van der Waals surface area (Å²) in [6, 6.07) is 16.2. The van der Waals surface area contributed by atoms with Crippen LogP contribution in [0.4, 0.5) is 0 Å². The van der Waals surface area contributed by atoms with Crippen LogP contribution in [0.15, 0.2) is 54.6 Å². The van der Waals surface area contributed by atoms with Crippen molar-refractivity contribution in [1.82, 2.24) is 15.5 Å². The largest absolute Gasteiger partial charge is 0.347 e. The molecule has 2 saturated heterocycles. The summed E-state index contributed by atoms with van der Waals surface area (Å²) in [7, 11) is 0. The lowest BCUT2D eigenvalue weighted by Crippen LogP contribution is -2.61. The molecule has 0 spiro atoms. The zero-order chi connectivity index (χ0) is 21.3. The van der Waals surface area contributed by atoms with Crippen molar-refractivity contribution in [3.63, 3.8) is 0 Å². The average Bonchev–Trinajstić information content (AvgIpc) is 3.17. The molecule has 156 valence electrons. The third-order valence-electron chi connectivity index (χ3n) is 5.80. The first-order valence-electron chi connectivity index (χ1n) is 10.5. The Morgan fingerprint density at radius 3 is 2.40 bits per heavy atom. The molecule has 0 aliphatic carbocycles. The zero-order valence-corrected chi connectivity index (χ0v) is 17.3. The molecule has 0 bridgehead atoms. The van der Waals surface area contributed by atoms with Crippen LogP contribution in [0.2, 0.25) is 0 Å². The molecule has 0 radical (unpaired) electrons. The maximum absolute atomic E-state index is 12.8. The third-order valence-corrected chi connectivity index (χ3v) is 5.80. The van der Waals surface area contributed by atoms with E-state index in [0.717, 1.165) is 11.1 Å². The molecule has 6 heteroatoms. The highest BCUT2D eigenvalue weighted by atomic mass is 16.2. The predicted octanol–water partition coefficient (Wildman–Crippen LogP) is 2.60. The summed E-state index contributed by atoms with van der Waals surface area (Å²) in [4.78, 5) is 39.6. The molecule has 2 heterocycles. The Kier molecular flexibility index (Phi) is 5.57. The smallest absolute Gasteiger partial charge is 0.251 e. The second-order valence-electron chi connectivity index (χ2n) is 8.55. The molecule has 2 aliphatic heterocycles. The molecule has 3 amide bonds. The lowest BCUT2D eigenvalue weighted by Gasteiger charge is -2.35. The van der Waals surface area contributed by atoms with Gasteiger partial charge in [-0.05, 0) is 42.0 Å². The van der Waals surface area contributed by atoms with Crippen molar-refractivity contribution in [3.05, 3.63) is 60.2 Å². The van der Waals surface area contributed by atoms with Gasteiger partial charge in [-0.25, -0.2) is 0 Å². The van der Waals surface area contributed by atoms with E-state index in [1.54, 1.807) is 17.0 Å².